The van der Waals surface area contributed by atoms with Gasteiger partial charge in [0, 0.05) is 6.42 Å². The molecule has 0 aromatic heterocycles. The second-order valence-corrected chi connectivity index (χ2v) is 10.7. The van der Waals surface area contributed by atoms with E-state index in [4.69, 9.17) is 9.47 Å². The Labute approximate surface area is 218 Å². The molecule has 0 radical (unpaired) electrons. The smallest absolute Gasteiger partial charge is 0.305 e. The molecule has 36 heavy (non-hydrogen) atoms. The monoisotopic (exact) mass is 488 g/mol. The molecule has 2 aliphatic rings. The number of allylic oxidation sites excluding steroid dienone is 1. The third-order valence-corrected chi connectivity index (χ3v) is 7.80. The molecular weight excluding hydrogens is 444 g/mol. The van der Waals surface area contributed by atoms with E-state index in [0.717, 1.165) is 37.4 Å². The van der Waals surface area contributed by atoms with Crippen molar-refractivity contribution in [1.29, 1.82) is 0 Å². The Morgan fingerprint density at radius 1 is 0.806 bits per heavy atom. The highest BCUT2D eigenvalue weighted by Crippen LogP contribution is 2.40. The van der Waals surface area contributed by atoms with Crippen LogP contribution in [-0.2, 0) is 16.0 Å². The van der Waals surface area contributed by atoms with Gasteiger partial charge in [0.2, 0.25) is 0 Å². The predicted octanol–water partition coefficient (Wildman–Crippen LogP) is 8.81. The van der Waals surface area contributed by atoms with Crippen LogP contribution in [0.2, 0.25) is 0 Å². The zero-order valence-electron chi connectivity index (χ0n) is 22.2. The van der Waals surface area contributed by atoms with Crippen LogP contribution in [0.25, 0.3) is 5.57 Å². The van der Waals surface area contributed by atoms with Gasteiger partial charge in [-0.25, -0.2) is 0 Å². The number of benzene rings is 2. The van der Waals surface area contributed by atoms with E-state index in [9.17, 15) is 4.79 Å². The van der Waals surface area contributed by atoms with Gasteiger partial charge >= 0.3 is 5.97 Å². The van der Waals surface area contributed by atoms with Crippen LogP contribution in [0.3, 0.4) is 0 Å². The van der Waals surface area contributed by atoms with Crippen molar-refractivity contribution in [2.45, 2.75) is 102 Å². The SMILES string of the molecule is COC(=O)CCCc1ccc(OC/C2=C(\c3ccc(C4CC4)cc3)CCCCCCCCCC2)cc1. The fourth-order valence-electron chi connectivity index (χ4n) is 5.37. The van der Waals surface area contributed by atoms with Gasteiger partial charge in [-0.15, -0.1) is 0 Å². The molecule has 0 unspecified atom stereocenters. The van der Waals surface area contributed by atoms with Crippen LogP contribution < -0.4 is 4.74 Å². The lowest BCUT2D eigenvalue weighted by Crippen LogP contribution is -2.06. The third kappa shape index (κ3) is 8.54. The summed E-state index contributed by atoms with van der Waals surface area (Å²) in [7, 11) is 1.45. The Morgan fingerprint density at radius 2 is 1.44 bits per heavy atom. The maximum Gasteiger partial charge on any atom is 0.305 e. The van der Waals surface area contributed by atoms with E-state index < -0.39 is 0 Å². The first-order chi connectivity index (χ1) is 17.7. The van der Waals surface area contributed by atoms with Crippen LogP contribution in [0.5, 0.6) is 5.75 Å². The lowest BCUT2D eigenvalue weighted by atomic mass is 9.90. The second-order valence-electron chi connectivity index (χ2n) is 10.7. The minimum atomic E-state index is -0.141. The highest BCUT2D eigenvalue weighted by molar-refractivity contribution is 5.69. The standard InChI is InChI=1S/C33H44O3/c1-35-33(34)14-10-11-26-15-23-31(24-16-26)36-25-30-12-8-6-4-2-3-5-7-9-13-32(30)29-21-19-28(20-22-29)27-17-18-27/h15-16,19-24,27H,2-14,17-18,25H2,1H3/b32-30-. The second kappa shape index (κ2) is 14.3. The van der Waals surface area contributed by atoms with Crippen molar-refractivity contribution in [2.24, 2.45) is 0 Å². The molecule has 194 valence electrons. The molecule has 2 aliphatic carbocycles. The maximum atomic E-state index is 11.3. The van der Waals surface area contributed by atoms with Gasteiger partial charge in [-0.1, -0.05) is 74.9 Å². The van der Waals surface area contributed by atoms with Crippen molar-refractivity contribution < 1.29 is 14.3 Å². The third-order valence-electron chi connectivity index (χ3n) is 7.80. The molecule has 4 rings (SSSR count). The van der Waals surface area contributed by atoms with Crippen LogP contribution >= 0.6 is 0 Å². The van der Waals surface area contributed by atoms with Gasteiger partial charge in [0.25, 0.3) is 0 Å². The summed E-state index contributed by atoms with van der Waals surface area (Å²) in [4.78, 5) is 11.3. The first-order valence-electron chi connectivity index (χ1n) is 14.3. The molecule has 0 atom stereocenters. The Kier molecular flexibility index (Phi) is 10.5. The molecule has 1 fully saturated rings. The van der Waals surface area contributed by atoms with Gasteiger partial charge < -0.3 is 9.47 Å². The summed E-state index contributed by atoms with van der Waals surface area (Å²) in [6.07, 6.45) is 17.8. The van der Waals surface area contributed by atoms with Gasteiger partial charge in [-0.05, 0) is 97.3 Å². The van der Waals surface area contributed by atoms with Crippen LogP contribution in [-0.4, -0.2) is 19.7 Å². The fourth-order valence-corrected chi connectivity index (χ4v) is 5.37. The summed E-state index contributed by atoms with van der Waals surface area (Å²) in [5, 5.41) is 0. The van der Waals surface area contributed by atoms with Crippen molar-refractivity contribution in [3.05, 3.63) is 70.8 Å². The minimum absolute atomic E-state index is 0.141. The number of carbonyl (C=O) groups excluding carboxylic acids is 1. The van der Waals surface area contributed by atoms with Crippen molar-refractivity contribution in [3.63, 3.8) is 0 Å². The maximum absolute atomic E-state index is 11.3. The average Bonchev–Trinajstić information content (AvgIpc) is 3.75. The molecular formula is C33H44O3. The fraction of sp³-hybridized carbons (Fsp3) is 0.545. The van der Waals surface area contributed by atoms with Crippen LogP contribution in [0.1, 0.15) is 112 Å². The van der Waals surface area contributed by atoms with Gasteiger partial charge in [0.05, 0.1) is 7.11 Å². The minimum Gasteiger partial charge on any atom is -0.489 e. The first-order valence-corrected chi connectivity index (χ1v) is 14.3. The summed E-state index contributed by atoms with van der Waals surface area (Å²) in [5.41, 5.74) is 7.15. The number of rotatable bonds is 9. The number of esters is 1. The number of hydrogen-bond donors (Lipinski definition) is 0. The van der Waals surface area contributed by atoms with Gasteiger partial charge in [-0.2, -0.15) is 0 Å². The Bertz CT molecular complexity index is 967. The average molecular weight is 489 g/mol. The molecule has 0 heterocycles. The van der Waals surface area contributed by atoms with Gasteiger partial charge in [0.1, 0.15) is 12.4 Å². The molecule has 2 aromatic carbocycles. The van der Waals surface area contributed by atoms with Crippen molar-refractivity contribution in [3.8, 4) is 5.75 Å². The summed E-state index contributed by atoms with van der Waals surface area (Å²) in [6, 6.07) is 17.9. The number of aryl methyl sites for hydroxylation is 1. The molecule has 0 amide bonds. The summed E-state index contributed by atoms with van der Waals surface area (Å²) >= 11 is 0. The van der Waals surface area contributed by atoms with Crippen LogP contribution in [0.15, 0.2) is 54.1 Å². The molecule has 0 aliphatic heterocycles. The highest BCUT2D eigenvalue weighted by Gasteiger charge is 2.23. The lowest BCUT2D eigenvalue weighted by molar-refractivity contribution is -0.140. The van der Waals surface area contributed by atoms with Crippen molar-refractivity contribution in [1.82, 2.24) is 0 Å². The topological polar surface area (TPSA) is 35.5 Å². The van der Waals surface area contributed by atoms with E-state index in [1.165, 1.54) is 99.2 Å². The van der Waals surface area contributed by atoms with Crippen LogP contribution in [0, 0.1) is 0 Å². The molecule has 0 bridgehead atoms. The molecule has 0 N–H and O–H groups in total. The van der Waals surface area contributed by atoms with Gasteiger partial charge in [-0.3, -0.25) is 4.79 Å². The highest BCUT2D eigenvalue weighted by atomic mass is 16.5. The molecule has 0 spiro atoms. The molecule has 3 heteroatoms. The lowest BCUT2D eigenvalue weighted by Gasteiger charge is -2.19. The Morgan fingerprint density at radius 3 is 2.08 bits per heavy atom. The predicted molar refractivity (Wildman–Crippen MR) is 148 cm³/mol. The van der Waals surface area contributed by atoms with E-state index in [1.54, 1.807) is 0 Å². The first kappa shape index (κ1) is 26.5. The zero-order chi connectivity index (χ0) is 25.0. The molecule has 2 aromatic rings. The van der Waals surface area contributed by atoms with E-state index in [2.05, 4.69) is 48.5 Å². The van der Waals surface area contributed by atoms with Gasteiger partial charge in [0.15, 0.2) is 0 Å². The number of ether oxygens (including phenoxy) is 2. The molecule has 1 saturated carbocycles. The van der Waals surface area contributed by atoms with E-state index in [1.807, 2.05) is 0 Å². The quantitative estimate of drug-likeness (QED) is 0.331. The Balaban J connectivity index is 1.45. The van der Waals surface area contributed by atoms with Crippen LogP contribution in [0.4, 0.5) is 0 Å². The molecule has 0 saturated heterocycles. The number of hydrogen-bond acceptors (Lipinski definition) is 3. The Hall–Kier alpha value is -2.55. The van der Waals surface area contributed by atoms with Crippen molar-refractivity contribution >= 4 is 11.5 Å². The summed E-state index contributed by atoms with van der Waals surface area (Å²) < 4.78 is 11.1. The van der Waals surface area contributed by atoms with E-state index in [0.29, 0.717) is 13.0 Å². The van der Waals surface area contributed by atoms with E-state index >= 15 is 0 Å². The summed E-state index contributed by atoms with van der Waals surface area (Å²) in [5.74, 6) is 1.59. The van der Waals surface area contributed by atoms with E-state index in [-0.39, 0.29) is 5.97 Å². The normalized spacial score (nSPS) is 19.7. The number of carbonyl (C=O) groups is 1. The number of methoxy groups -OCH3 is 1. The molecule has 3 nitrogen and oxygen atoms in total. The summed E-state index contributed by atoms with van der Waals surface area (Å²) in [6.45, 7) is 0.668. The van der Waals surface area contributed by atoms with Crippen molar-refractivity contribution in [2.75, 3.05) is 13.7 Å². The zero-order valence-corrected chi connectivity index (χ0v) is 22.2. The largest absolute Gasteiger partial charge is 0.489 e.